The van der Waals surface area contributed by atoms with E-state index in [1.54, 1.807) is 0 Å². The molecule has 2 atom stereocenters. The van der Waals surface area contributed by atoms with Crippen LogP contribution < -0.4 is 5.32 Å². The van der Waals surface area contributed by atoms with Crippen molar-refractivity contribution in [2.45, 2.75) is 46.1 Å². The molecule has 0 aromatic carbocycles. The Morgan fingerprint density at radius 3 is 2.67 bits per heavy atom. The molecule has 1 fully saturated rings. The number of esters is 1. The fraction of sp³-hybridized carbons (Fsp3) is 0.917. The van der Waals surface area contributed by atoms with E-state index in [1.165, 1.54) is 6.42 Å². The number of piperidine rings is 1. The maximum absolute atomic E-state index is 11.4. The van der Waals surface area contributed by atoms with Gasteiger partial charge >= 0.3 is 5.97 Å². The Kier molecular flexibility index (Phi) is 5.09. The lowest BCUT2D eigenvalue weighted by Gasteiger charge is -2.29. The first-order valence-electron chi connectivity index (χ1n) is 6.03. The average Bonchev–Trinajstić information content (AvgIpc) is 2.18. The summed E-state index contributed by atoms with van der Waals surface area (Å²) < 4.78 is 5.00. The quantitative estimate of drug-likeness (QED) is 0.726. The van der Waals surface area contributed by atoms with E-state index in [2.05, 4.69) is 19.2 Å². The molecule has 1 heterocycles. The molecule has 0 unspecified atom stereocenters. The molecule has 0 aromatic heterocycles. The molecule has 88 valence electrons. The van der Waals surface area contributed by atoms with Crippen molar-refractivity contribution >= 4 is 5.97 Å². The van der Waals surface area contributed by atoms with Gasteiger partial charge in [-0.05, 0) is 44.6 Å². The van der Waals surface area contributed by atoms with Gasteiger partial charge in [0.2, 0.25) is 0 Å². The second-order valence-corrected chi connectivity index (χ2v) is 4.79. The number of rotatable bonds is 4. The third-order valence-corrected chi connectivity index (χ3v) is 2.89. The SMILES string of the molecule is CCOC(=O)[C@@H]1CC[C@@H](CC(C)C)CN1. The standard InChI is InChI=1S/C12H23NO2/c1-4-15-12(14)11-6-5-10(8-13-11)7-9(2)3/h9-11,13H,4-8H2,1-3H3/t10-,11-/m0/s1. The minimum Gasteiger partial charge on any atom is -0.465 e. The zero-order chi connectivity index (χ0) is 11.3. The number of carbonyl (C=O) groups excluding carboxylic acids is 1. The van der Waals surface area contributed by atoms with Gasteiger partial charge in [-0.15, -0.1) is 0 Å². The summed E-state index contributed by atoms with van der Waals surface area (Å²) in [4.78, 5) is 11.4. The number of carbonyl (C=O) groups is 1. The van der Waals surface area contributed by atoms with E-state index >= 15 is 0 Å². The summed E-state index contributed by atoms with van der Waals surface area (Å²) >= 11 is 0. The first-order chi connectivity index (χ1) is 7.13. The van der Waals surface area contributed by atoms with Crippen molar-refractivity contribution in [3.63, 3.8) is 0 Å². The van der Waals surface area contributed by atoms with Crippen LogP contribution in [-0.2, 0) is 9.53 Å². The van der Waals surface area contributed by atoms with Crippen LogP contribution in [0.15, 0.2) is 0 Å². The zero-order valence-corrected chi connectivity index (χ0v) is 10.1. The third kappa shape index (κ3) is 4.20. The molecule has 0 aromatic rings. The highest BCUT2D eigenvalue weighted by molar-refractivity contribution is 5.75. The van der Waals surface area contributed by atoms with Gasteiger partial charge < -0.3 is 10.1 Å². The fourth-order valence-electron chi connectivity index (χ4n) is 2.23. The van der Waals surface area contributed by atoms with Crippen LogP contribution >= 0.6 is 0 Å². The molecule has 0 aliphatic carbocycles. The Morgan fingerprint density at radius 2 is 2.20 bits per heavy atom. The number of hydrogen-bond acceptors (Lipinski definition) is 3. The predicted molar refractivity (Wildman–Crippen MR) is 60.6 cm³/mol. The predicted octanol–water partition coefficient (Wildman–Crippen LogP) is 1.96. The summed E-state index contributed by atoms with van der Waals surface area (Å²) in [6, 6.07) is -0.0617. The van der Waals surface area contributed by atoms with E-state index in [4.69, 9.17) is 4.74 Å². The van der Waals surface area contributed by atoms with Gasteiger partial charge in [-0.25, -0.2) is 0 Å². The molecule has 1 rings (SSSR count). The van der Waals surface area contributed by atoms with E-state index in [9.17, 15) is 4.79 Å². The molecule has 1 N–H and O–H groups in total. The Labute approximate surface area is 92.6 Å². The molecule has 1 aliphatic rings. The van der Waals surface area contributed by atoms with Crippen LogP contribution in [0, 0.1) is 11.8 Å². The van der Waals surface area contributed by atoms with E-state index in [-0.39, 0.29) is 12.0 Å². The fourth-order valence-corrected chi connectivity index (χ4v) is 2.23. The van der Waals surface area contributed by atoms with Crippen LogP contribution in [0.4, 0.5) is 0 Å². The lowest BCUT2D eigenvalue weighted by atomic mass is 9.88. The van der Waals surface area contributed by atoms with Gasteiger partial charge in [0.05, 0.1) is 6.61 Å². The zero-order valence-electron chi connectivity index (χ0n) is 10.1. The largest absolute Gasteiger partial charge is 0.465 e. The summed E-state index contributed by atoms with van der Waals surface area (Å²) in [7, 11) is 0. The smallest absolute Gasteiger partial charge is 0.323 e. The van der Waals surface area contributed by atoms with E-state index in [1.807, 2.05) is 6.92 Å². The maximum Gasteiger partial charge on any atom is 0.323 e. The molecule has 0 spiro atoms. The van der Waals surface area contributed by atoms with Crippen molar-refractivity contribution in [1.29, 1.82) is 0 Å². The molecule has 1 aliphatic heterocycles. The van der Waals surface area contributed by atoms with Crippen LogP contribution in [0.1, 0.15) is 40.0 Å². The minimum atomic E-state index is -0.0829. The van der Waals surface area contributed by atoms with Crippen LogP contribution in [-0.4, -0.2) is 25.2 Å². The summed E-state index contributed by atoms with van der Waals surface area (Å²) in [5.74, 6) is 1.40. The van der Waals surface area contributed by atoms with Crippen molar-refractivity contribution in [2.75, 3.05) is 13.2 Å². The second kappa shape index (κ2) is 6.11. The van der Waals surface area contributed by atoms with Crippen LogP contribution in [0.25, 0.3) is 0 Å². The van der Waals surface area contributed by atoms with Gasteiger partial charge in [0, 0.05) is 0 Å². The third-order valence-electron chi connectivity index (χ3n) is 2.89. The lowest BCUT2D eigenvalue weighted by Crippen LogP contribution is -2.45. The molecule has 15 heavy (non-hydrogen) atoms. The van der Waals surface area contributed by atoms with Crippen molar-refractivity contribution in [1.82, 2.24) is 5.32 Å². The molecule has 0 bridgehead atoms. The van der Waals surface area contributed by atoms with Gasteiger partial charge in [0.25, 0.3) is 0 Å². The first kappa shape index (κ1) is 12.5. The Morgan fingerprint density at radius 1 is 1.47 bits per heavy atom. The van der Waals surface area contributed by atoms with Gasteiger partial charge in [-0.1, -0.05) is 13.8 Å². The van der Waals surface area contributed by atoms with E-state index in [0.29, 0.717) is 6.61 Å². The first-order valence-corrected chi connectivity index (χ1v) is 6.03. The van der Waals surface area contributed by atoms with Gasteiger partial charge in [-0.2, -0.15) is 0 Å². The highest BCUT2D eigenvalue weighted by Gasteiger charge is 2.26. The van der Waals surface area contributed by atoms with Crippen molar-refractivity contribution in [2.24, 2.45) is 11.8 Å². The molecular weight excluding hydrogens is 190 g/mol. The molecule has 0 amide bonds. The highest BCUT2D eigenvalue weighted by Crippen LogP contribution is 2.21. The molecule has 0 radical (unpaired) electrons. The molecule has 3 heteroatoms. The Bertz CT molecular complexity index is 196. The number of hydrogen-bond donors (Lipinski definition) is 1. The monoisotopic (exact) mass is 213 g/mol. The van der Waals surface area contributed by atoms with Gasteiger partial charge in [0.15, 0.2) is 0 Å². The average molecular weight is 213 g/mol. The normalized spacial score (nSPS) is 26.7. The molecule has 0 saturated carbocycles. The van der Waals surface area contributed by atoms with E-state index < -0.39 is 0 Å². The number of nitrogens with one attached hydrogen (secondary N) is 1. The molecular formula is C12H23NO2. The summed E-state index contributed by atoms with van der Waals surface area (Å²) in [5, 5.41) is 3.28. The number of ether oxygens (including phenoxy) is 1. The second-order valence-electron chi connectivity index (χ2n) is 4.79. The lowest BCUT2D eigenvalue weighted by molar-refractivity contribution is -0.146. The van der Waals surface area contributed by atoms with Gasteiger partial charge in [-0.3, -0.25) is 4.79 Å². The van der Waals surface area contributed by atoms with Crippen molar-refractivity contribution < 1.29 is 9.53 Å². The topological polar surface area (TPSA) is 38.3 Å². The Hall–Kier alpha value is -0.570. The summed E-state index contributed by atoms with van der Waals surface area (Å²) in [6.45, 7) is 7.78. The summed E-state index contributed by atoms with van der Waals surface area (Å²) in [5.41, 5.74) is 0. The van der Waals surface area contributed by atoms with Gasteiger partial charge in [0.1, 0.15) is 6.04 Å². The highest BCUT2D eigenvalue weighted by atomic mass is 16.5. The summed E-state index contributed by atoms with van der Waals surface area (Å²) in [6.07, 6.45) is 3.33. The molecule has 1 saturated heterocycles. The van der Waals surface area contributed by atoms with E-state index in [0.717, 1.165) is 31.2 Å². The van der Waals surface area contributed by atoms with Crippen molar-refractivity contribution in [3.05, 3.63) is 0 Å². The van der Waals surface area contributed by atoms with Crippen molar-refractivity contribution in [3.8, 4) is 0 Å². The van der Waals surface area contributed by atoms with Crippen LogP contribution in [0.5, 0.6) is 0 Å². The van der Waals surface area contributed by atoms with Crippen LogP contribution in [0.2, 0.25) is 0 Å². The van der Waals surface area contributed by atoms with Crippen LogP contribution in [0.3, 0.4) is 0 Å². The maximum atomic E-state index is 11.4. The molecule has 3 nitrogen and oxygen atoms in total. The Balaban J connectivity index is 2.26. The minimum absolute atomic E-state index is 0.0617.